The fourth-order valence-electron chi connectivity index (χ4n) is 0.996. The smallest absolute Gasteiger partial charge is 0.211 e. The number of aliphatic hydroxyl groups is 1. The molecule has 1 aromatic rings. The molecule has 1 N–H and O–H groups in total. The fraction of sp³-hybridized carbons (Fsp3) is 0.700. The quantitative estimate of drug-likeness (QED) is 0.775. The van der Waals surface area contributed by atoms with Gasteiger partial charge in [0, 0.05) is 18.0 Å². The summed E-state index contributed by atoms with van der Waals surface area (Å²) in [5.41, 5.74) is -0.206. The van der Waals surface area contributed by atoms with Crippen molar-refractivity contribution in [2.75, 3.05) is 13.2 Å². The van der Waals surface area contributed by atoms with Gasteiger partial charge < -0.3 is 9.84 Å². The van der Waals surface area contributed by atoms with Crippen molar-refractivity contribution in [3.05, 3.63) is 12.3 Å². The summed E-state index contributed by atoms with van der Waals surface area (Å²) >= 11 is 0. The third-order valence-corrected chi connectivity index (χ3v) is 2.02. The van der Waals surface area contributed by atoms with Gasteiger partial charge in [-0.05, 0) is 6.92 Å². The maximum Gasteiger partial charge on any atom is 0.211 e. The molecule has 0 aliphatic heterocycles. The molecule has 80 valence electrons. The lowest BCUT2D eigenvalue weighted by Crippen LogP contribution is -2.26. The predicted molar refractivity (Wildman–Crippen MR) is 54.3 cm³/mol. The first-order valence-corrected chi connectivity index (χ1v) is 4.84. The fourth-order valence-corrected chi connectivity index (χ4v) is 0.996. The second-order valence-electron chi connectivity index (χ2n) is 4.10. The highest BCUT2D eigenvalue weighted by atomic mass is 16.5. The molecule has 0 aliphatic rings. The van der Waals surface area contributed by atoms with Gasteiger partial charge in [-0.3, -0.25) is 0 Å². The van der Waals surface area contributed by atoms with Crippen LogP contribution in [-0.2, 0) is 6.54 Å². The van der Waals surface area contributed by atoms with E-state index in [4.69, 9.17) is 9.84 Å². The highest BCUT2D eigenvalue weighted by Crippen LogP contribution is 2.17. The molecule has 0 aromatic carbocycles. The Bertz CT molecular complexity index is 281. The van der Waals surface area contributed by atoms with Crippen LogP contribution < -0.4 is 4.74 Å². The summed E-state index contributed by atoms with van der Waals surface area (Å²) in [5.74, 6) is 0.758. The molecular formula is C10H18N2O2. The molecule has 0 atom stereocenters. The van der Waals surface area contributed by atoms with Gasteiger partial charge in [0.05, 0.1) is 19.4 Å². The topological polar surface area (TPSA) is 47.3 Å². The number of aliphatic hydroxyl groups excluding tert-OH is 1. The number of hydrogen-bond donors (Lipinski definition) is 1. The van der Waals surface area contributed by atoms with E-state index in [0.717, 1.165) is 12.4 Å². The number of aromatic nitrogens is 2. The lowest BCUT2D eigenvalue weighted by Gasteiger charge is -2.21. The van der Waals surface area contributed by atoms with Gasteiger partial charge in [0.15, 0.2) is 0 Å². The van der Waals surface area contributed by atoms with Gasteiger partial charge in [-0.15, -0.1) is 0 Å². The summed E-state index contributed by atoms with van der Waals surface area (Å²) in [7, 11) is 0. The molecule has 1 heterocycles. The Balaban J connectivity index is 2.53. The standard InChI is InChI=1S/C10H18N2O2/c1-4-12-9(5-6-11-12)14-8-10(2,3)7-13/h5-6,13H,4,7-8H2,1-3H3. The maximum atomic E-state index is 9.05. The van der Waals surface area contributed by atoms with Crippen LogP contribution in [0, 0.1) is 5.41 Å². The molecule has 0 aliphatic carbocycles. The Morgan fingerprint density at radius 2 is 2.29 bits per heavy atom. The van der Waals surface area contributed by atoms with Crippen LogP contribution in [0.3, 0.4) is 0 Å². The summed E-state index contributed by atoms with van der Waals surface area (Å²) in [6.45, 7) is 7.33. The Hall–Kier alpha value is -1.03. The molecule has 4 heteroatoms. The van der Waals surface area contributed by atoms with Crippen molar-refractivity contribution >= 4 is 0 Å². The second-order valence-corrected chi connectivity index (χ2v) is 4.10. The zero-order valence-corrected chi connectivity index (χ0v) is 9.03. The van der Waals surface area contributed by atoms with Crippen LogP contribution in [-0.4, -0.2) is 28.1 Å². The van der Waals surface area contributed by atoms with E-state index in [9.17, 15) is 0 Å². The second kappa shape index (κ2) is 4.46. The van der Waals surface area contributed by atoms with Gasteiger partial charge in [-0.2, -0.15) is 5.10 Å². The minimum Gasteiger partial charge on any atom is -0.477 e. The van der Waals surface area contributed by atoms with Crippen molar-refractivity contribution in [2.45, 2.75) is 27.3 Å². The molecule has 4 nitrogen and oxygen atoms in total. The van der Waals surface area contributed by atoms with E-state index in [-0.39, 0.29) is 12.0 Å². The Kier molecular flexibility index (Phi) is 3.52. The van der Waals surface area contributed by atoms with Gasteiger partial charge in [-0.1, -0.05) is 13.8 Å². The summed E-state index contributed by atoms with van der Waals surface area (Å²) in [4.78, 5) is 0. The number of aryl methyl sites for hydroxylation is 1. The molecule has 0 radical (unpaired) electrons. The van der Waals surface area contributed by atoms with Crippen LogP contribution in [0.2, 0.25) is 0 Å². The first-order chi connectivity index (χ1) is 6.59. The van der Waals surface area contributed by atoms with Crippen molar-refractivity contribution < 1.29 is 9.84 Å². The highest BCUT2D eigenvalue weighted by molar-refractivity contribution is 5.07. The Morgan fingerprint density at radius 3 is 2.86 bits per heavy atom. The van der Waals surface area contributed by atoms with Crippen LogP contribution in [0.15, 0.2) is 12.3 Å². The average Bonchev–Trinajstić information content (AvgIpc) is 2.62. The van der Waals surface area contributed by atoms with Crippen LogP contribution in [0.1, 0.15) is 20.8 Å². The minimum absolute atomic E-state index is 0.118. The van der Waals surface area contributed by atoms with Crippen molar-refractivity contribution in [3.63, 3.8) is 0 Å². The van der Waals surface area contributed by atoms with E-state index in [1.807, 2.05) is 26.8 Å². The first kappa shape index (κ1) is 11.0. The van der Waals surface area contributed by atoms with E-state index in [1.54, 1.807) is 10.9 Å². The first-order valence-electron chi connectivity index (χ1n) is 4.84. The van der Waals surface area contributed by atoms with Crippen molar-refractivity contribution in [1.29, 1.82) is 0 Å². The molecule has 0 amide bonds. The number of rotatable bonds is 5. The summed E-state index contributed by atoms with van der Waals surface area (Å²) < 4.78 is 7.35. The largest absolute Gasteiger partial charge is 0.477 e. The number of hydrogen-bond acceptors (Lipinski definition) is 3. The highest BCUT2D eigenvalue weighted by Gasteiger charge is 2.18. The molecule has 1 aromatic heterocycles. The van der Waals surface area contributed by atoms with Gasteiger partial charge in [0.25, 0.3) is 0 Å². The molecular weight excluding hydrogens is 180 g/mol. The summed E-state index contributed by atoms with van der Waals surface area (Å²) in [6, 6.07) is 1.83. The molecule has 1 rings (SSSR count). The van der Waals surface area contributed by atoms with E-state index >= 15 is 0 Å². The summed E-state index contributed by atoms with van der Waals surface area (Å²) in [5, 5.41) is 13.1. The zero-order chi connectivity index (χ0) is 10.6. The van der Waals surface area contributed by atoms with Crippen LogP contribution in [0.25, 0.3) is 0 Å². The molecule has 0 saturated carbocycles. The molecule has 0 unspecified atom stereocenters. The van der Waals surface area contributed by atoms with E-state index in [1.165, 1.54) is 0 Å². The maximum absolute atomic E-state index is 9.05. The monoisotopic (exact) mass is 198 g/mol. The summed E-state index contributed by atoms with van der Waals surface area (Å²) in [6.07, 6.45) is 1.71. The lowest BCUT2D eigenvalue weighted by atomic mass is 9.97. The normalized spacial score (nSPS) is 11.7. The molecule has 0 fully saturated rings. The number of nitrogens with zero attached hydrogens (tertiary/aromatic N) is 2. The molecule has 14 heavy (non-hydrogen) atoms. The van der Waals surface area contributed by atoms with E-state index in [2.05, 4.69) is 5.10 Å². The zero-order valence-electron chi connectivity index (χ0n) is 9.03. The van der Waals surface area contributed by atoms with Gasteiger partial charge in [0.1, 0.15) is 0 Å². The van der Waals surface area contributed by atoms with Gasteiger partial charge in [-0.25, -0.2) is 4.68 Å². The predicted octanol–water partition coefficient (Wildman–Crippen LogP) is 1.30. The third kappa shape index (κ3) is 2.73. The van der Waals surface area contributed by atoms with E-state index in [0.29, 0.717) is 6.61 Å². The van der Waals surface area contributed by atoms with Gasteiger partial charge >= 0.3 is 0 Å². The van der Waals surface area contributed by atoms with Crippen molar-refractivity contribution in [2.24, 2.45) is 5.41 Å². The van der Waals surface area contributed by atoms with Gasteiger partial charge in [0.2, 0.25) is 5.88 Å². The van der Waals surface area contributed by atoms with Crippen molar-refractivity contribution in [1.82, 2.24) is 9.78 Å². The molecule has 0 bridgehead atoms. The van der Waals surface area contributed by atoms with E-state index < -0.39 is 0 Å². The molecule has 0 spiro atoms. The van der Waals surface area contributed by atoms with Crippen LogP contribution in [0.4, 0.5) is 0 Å². The number of ether oxygens (including phenoxy) is 1. The Morgan fingerprint density at radius 1 is 1.57 bits per heavy atom. The Labute approximate surface area is 84.5 Å². The minimum atomic E-state index is -0.206. The van der Waals surface area contributed by atoms with Crippen molar-refractivity contribution in [3.8, 4) is 5.88 Å². The van der Waals surface area contributed by atoms with Crippen LogP contribution in [0.5, 0.6) is 5.88 Å². The average molecular weight is 198 g/mol. The third-order valence-electron chi connectivity index (χ3n) is 2.02. The van der Waals surface area contributed by atoms with Crippen LogP contribution >= 0.6 is 0 Å². The molecule has 0 saturated heterocycles. The lowest BCUT2D eigenvalue weighted by molar-refractivity contribution is 0.0922. The SMILES string of the molecule is CCn1nccc1OCC(C)(C)CO.